The number of benzene rings is 3. The summed E-state index contributed by atoms with van der Waals surface area (Å²) in [5.74, 6) is -0.885. The molecule has 7 nitrogen and oxygen atoms in total. The summed E-state index contributed by atoms with van der Waals surface area (Å²) in [7, 11) is 0. The van der Waals surface area contributed by atoms with Gasteiger partial charge in [-0.3, -0.25) is 14.5 Å². The van der Waals surface area contributed by atoms with E-state index in [0.29, 0.717) is 17.3 Å². The first-order chi connectivity index (χ1) is 16.2. The largest absolute Gasteiger partial charge is 0.369 e. The minimum Gasteiger partial charge on any atom is -0.369 e. The molecular formula is C27H30N4O3. The molecule has 1 fully saturated rings. The first kappa shape index (κ1) is 23.3. The number of anilines is 2. The zero-order valence-corrected chi connectivity index (χ0v) is 20.0. The van der Waals surface area contributed by atoms with Crippen molar-refractivity contribution < 1.29 is 14.4 Å². The average Bonchev–Trinajstić information content (AvgIpc) is 3.04. The highest BCUT2D eigenvalue weighted by Gasteiger charge is 2.49. The van der Waals surface area contributed by atoms with Gasteiger partial charge in [0.1, 0.15) is 12.1 Å². The molecule has 34 heavy (non-hydrogen) atoms. The van der Waals surface area contributed by atoms with Crippen molar-refractivity contribution in [2.75, 3.05) is 23.3 Å². The number of rotatable bonds is 7. The molecule has 1 atom stereocenters. The minimum atomic E-state index is -1.23. The maximum atomic E-state index is 13.2. The van der Waals surface area contributed by atoms with Crippen molar-refractivity contribution in [1.29, 1.82) is 0 Å². The van der Waals surface area contributed by atoms with E-state index in [9.17, 15) is 14.4 Å². The molecule has 0 aliphatic carbocycles. The van der Waals surface area contributed by atoms with Crippen LogP contribution in [0.3, 0.4) is 0 Å². The monoisotopic (exact) mass is 458 g/mol. The van der Waals surface area contributed by atoms with E-state index in [2.05, 4.69) is 36.3 Å². The quantitative estimate of drug-likeness (QED) is 0.512. The first-order valence-corrected chi connectivity index (χ1v) is 11.5. The fourth-order valence-corrected chi connectivity index (χ4v) is 4.46. The number of fused-ring (bicyclic) bond motifs is 1. The molecule has 0 spiro atoms. The highest BCUT2D eigenvalue weighted by atomic mass is 16.2. The highest BCUT2D eigenvalue weighted by molar-refractivity contribution is 6.10. The number of hydrogen-bond acceptors (Lipinski definition) is 4. The molecule has 176 valence electrons. The van der Waals surface area contributed by atoms with Crippen LogP contribution in [0.4, 0.5) is 16.2 Å². The second kappa shape index (κ2) is 9.17. The minimum absolute atomic E-state index is 0.358. The molecule has 0 bridgehead atoms. The number of nitrogens with one attached hydrogen (secondary N) is 2. The lowest BCUT2D eigenvalue weighted by Crippen LogP contribution is -2.42. The van der Waals surface area contributed by atoms with Crippen LogP contribution in [-0.2, 0) is 15.1 Å². The van der Waals surface area contributed by atoms with Crippen LogP contribution in [-0.4, -0.2) is 41.9 Å². The average molecular weight is 459 g/mol. The second-order valence-corrected chi connectivity index (χ2v) is 8.98. The number of urea groups is 1. The molecule has 1 saturated heterocycles. The van der Waals surface area contributed by atoms with Crippen molar-refractivity contribution in [2.45, 2.75) is 39.3 Å². The molecular weight excluding hydrogens is 428 g/mol. The molecule has 1 unspecified atom stereocenters. The van der Waals surface area contributed by atoms with Crippen molar-refractivity contribution in [1.82, 2.24) is 10.2 Å². The molecule has 4 rings (SSSR count). The van der Waals surface area contributed by atoms with Crippen molar-refractivity contribution in [3.8, 4) is 0 Å². The summed E-state index contributed by atoms with van der Waals surface area (Å²) in [4.78, 5) is 41.8. The summed E-state index contributed by atoms with van der Waals surface area (Å²) in [6.07, 6.45) is 0. The third-order valence-corrected chi connectivity index (χ3v) is 6.35. The highest BCUT2D eigenvalue weighted by Crippen LogP contribution is 2.31. The molecule has 1 aliphatic rings. The lowest BCUT2D eigenvalue weighted by Gasteiger charge is -2.27. The fourth-order valence-electron chi connectivity index (χ4n) is 4.46. The van der Waals surface area contributed by atoms with Gasteiger partial charge >= 0.3 is 6.03 Å². The van der Waals surface area contributed by atoms with Crippen LogP contribution in [0.1, 0.15) is 33.3 Å². The summed E-state index contributed by atoms with van der Waals surface area (Å²) >= 11 is 0. The SMILES string of the molecule is CCN(c1ccc(NC(=O)CN2C(=O)NC(C)(c3ccc4ccccc4c3)C2=O)cc1)C(C)C. The van der Waals surface area contributed by atoms with Crippen LogP contribution in [0.25, 0.3) is 10.8 Å². The predicted octanol–water partition coefficient (Wildman–Crippen LogP) is 4.48. The molecule has 1 aliphatic heterocycles. The van der Waals surface area contributed by atoms with Crippen LogP contribution in [0.15, 0.2) is 66.7 Å². The Balaban J connectivity index is 1.46. The maximum absolute atomic E-state index is 13.2. The van der Waals surface area contributed by atoms with Crippen LogP contribution >= 0.6 is 0 Å². The molecule has 3 aromatic carbocycles. The Hall–Kier alpha value is -3.87. The summed E-state index contributed by atoms with van der Waals surface area (Å²) in [6, 6.07) is 20.8. The van der Waals surface area contributed by atoms with Gasteiger partial charge in [0.15, 0.2) is 0 Å². The van der Waals surface area contributed by atoms with E-state index < -0.39 is 23.4 Å². The Bertz CT molecular complexity index is 1240. The van der Waals surface area contributed by atoms with Crippen molar-refractivity contribution >= 4 is 40.0 Å². The van der Waals surface area contributed by atoms with Gasteiger partial charge < -0.3 is 15.5 Å². The first-order valence-electron chi connectivity index (χ1n) is 11.5. The molecule has 4 amide bonds. The Morgan fingerprint density at radius 1 is 1.03 bits per heavy atom. The van der Waals surface area contributed by atoms with Crippen molar-refractivity contribution in [3.05, 3.63) is 72.3 Å². The molecule has 1 heterocycles. The van der Waals surface area contributed by atoms with Gasteiger partial charge in [-0.05, 0) is 74.4 Å². The summed E-state index contributed by atoms with van der Waals surface area (Å²) < 4.78 is 0. The smallest absolute Gasteiger partial charge is 0.325 e. The van der Waals surface area contributed by atoms with Gasteiger partial charge in [0, 0.05) is 24.0 Å². The van der Waals surface area contributed by atoms with Gasteiger partial charge in [-0.25, -0.2) is 4.79 Å². The summed E-state index contributed by atoms with van der Waals surface area (Å²) in [5.41, 5.74) is 1.12. The van der Waals surface area contributed by atoms with Gasteiger partial charge in [-0.1, -0.05) is 36.4 Å². The third kappa shape index (κ3) is 4.33. The Kier molecular flexibility index (Phi) is 6.28. The molecule has 2 N–H and O–H groups in total. The van der Waals surface area contributed by atoms with E-state index in [1.165, 1.54) is 0 Å². The van der Waals surface area contributed by atoms with Gasteiger partial charge in [-0.2, -0.15) is 0 Å². The number of amides is 4. The zero-order chi connectivity index (χ0) is 24.5. The van der Waals surface area contributed by atoms with E-state index in [4.69, 9.17) is 0 Å². The van der Waals surface area contributed by atoms with E-state index in [1.54, 1.807) is 6.92 Å². The third-order valence-electron chi connectivity index (χ3n) is 6.35. The van der Waals surface area contributed by atoms with Gasteiger partial charge in [-0.15, -0.1) is 0 Å². The normalized spacial score (nSPS) is 17.9. The Morgan fingerprint density at radius 2 is 1.71 bits per heavy atom. The van der Waals surface area contributed by atoms with Crippen molar-refractivity contribution in [2.24, 2.45) is 0 Å². The van der Waals surface area contributed by atoms with Gasteiger partial charge in [0.2, 0.25) is 5.91 Å². The van der Waals surface area contributed by atoms with Crippen LogP contribution in [0.2, 0.25) is 0 Å². The molecule has 0 aromatic heterocycles. The van der Waals surface area contributed by atoms with Gasteiger partial charge in [0.25, 0.3) is 5.91 Å². The topological polar surface area (TPSA) is 81.8 Å². The molecule has 7 heteroatoms. The zero-order valence-electron chi connectivity index (χ0n) is 20.0. The molecule has 3 aromatic rings. The molecule has 0 saturated carbocycles. The van der Waals surface area contributed by atoms with Crippen LogP contribution in [0, 0.1) is 0 Å². The number of carbonyl (C=O) groups excluding carboxylic acids is 3. The fraction of sp³-hybridized carbons (Fsp3) is 0.296. The maximum Gasteiger partial charge on any atom is 0.325 e. The van der Waals surface area contributed by atoms with E-state index >= 15 is 0 Å². The Labute approximate surface area is 199 Å². The standard InChI is InChI=1S/C27H30N4O3/c1-5-30(18(2)3)23-14-12-22(13-15-23)28-24(32)17-31-25(33)27(4,29-26(31)34)21-11-10-19-8-6-7-9-20(19)16-21/h6-16,18H,5,17H2,1-4H3,(H,28,32)(H,29,34). The summed E-state index contributed by atoms with van der Waals surface area (Å²) in [6.45, 7) is 8.54. The second-order valence-electron chi connectivity index (χ2n) is 8.98. The van der Waals surface area contributed by atoms with Gasteiger partial charge in [0.05, 0.1) is 0 Å². The molecule has 0 radical (unpaired) electrons. The summed E-state index contributed by atoms with van der Waals surface area (Å²) in [5, 5.41) is 7.57. The lowest BCUT2D eigenvalue weighted by molar-refractivity contribution is -0.133. The van der Waals surface area contributed by atoms with E-state index in [0.717, 1.165) is 27.9 Å². The number of nitrogens with zero attached hydrogens (tertiary/aromatic N) is 2. The predicted molar refractivity (Wildman–Crippen MR) is 135 cm³/mol. The number of hydrogen-bond donors (Lipinski definition) is 2. The van der Waals surface area contributed by atoms with E-state index in [-0.39, 0.29) is 6.54 Å². The van der Waals surface area contributed by atoms with Crippen molar-refractivity contribution in [3.63, 3.8) is 0 Å². The number of imide groups is 1. The van der Waals surface area contributed by atoms with E-state index in [1.807, 2.05) is 66.7 Å². The lowest BCUT2D eigenvalue weighted by atomic mass is 9.90. The Morgan fingerprint density at radius 3 is 2.35 bits per heavy atom. The van der Waals surface area contributed by atoms with Crippen LogP contribution < -0.4 is 15.5 Å². The van der Waals surface area contributed by atoms with Crippen LogP contribution in [0.5, 0.6) is 0 Å². The number of carbonyl (C=O) groups is 3.